The lowest BCUT2D eigenvalue weighted by Crippen LogP contribution is -2.37. The van der Waals surface area contributed by atoms with E-state index in [9.17, 15) is 13.2 Å². The quantitative estimate of drug-likeness (QED) is 0.785. The zero-order chi connectivity index (χ0) is 13.9. The number of carbonyl (C=O) groups excluding carboxylic acids is 1. The predicted molar refractivity (Wildman–Crippen MR) is 73.6 cm³/mol. The van der Waals surface area contributed by atoms with Crippen molar-refractivity contribution in [2.45, 2.75) is 37.4 Å². The van der Waals surface area contributed by atoms with Gasteiger partial charge in [0.15, 0.2) is 0 Å². The summed E-state index contributed by atoms with van der Waals surface area (Å²) in [6.45, 7) is 6.46. The van der Waals surface area contributed by atoms with Crippen molar-refractivity contribution in [2.24, 2.45) is 0 Å². The van der Waals surface area contributed by atoms with Crippen LogP contribution in [0.25, 0.3) is 0 Å². The number of hydrogen-bond donors (Lipinski definition) is 0. The van der Waals surface area contributed by atoms with Crippen LogP contribution in [0.1, 0.15) is 25.6 Å². The molecule has 1 rings (SSSR count). The lowest BCUT2D eigenvalue weighted by molar-refractivity contribution is -0.131. The largest absolute Gasteiger partial charge is 0.340 e. The molecule has 0 aliphatic carbocycles. The van der Waals surface area contributed by atoms with Crippen LogP contribution in [-0.4, -0.2) is 31.8 Å². The van der Waals surface area contributed by atoms with E-state index in [-0.39, 0.29) is 22.6 Å². The molecule has 0 atom stereocenters. The average Bonchev–Trinajstić information content (AvgIpc) is 2.65. The number of carbonyl (C=O) groups is 1. The number of hydrogen-bond acceptors (Lipinski definition) is 4. The van der Waals surface area contributed by atoms with Crippen molar-refractivity contribution >= 4 is 37.0 Å². The van der Waals surface area contributed by atoms with Gasteiger partial charge >= 0.3 is 0 Å². The summed E-state index contributed by atoms with van der Waals surface area (Å²) in [4.78, 5) is 14.4. The van der Waals surface area contributed by atoms with E-state index in [2.05, 4.69) is 0 Å². The molecule has 0 aliphatic rings. The monoisotopic (exact) mass is 309 g/mol. The van der Waals surface area contributed by atoms with Crippen LogP contribution in [0.4, 0.5) is 0 Å². The molecule has 0 aromatic carbocycles. The molecule has 0 bridgehead atoms. The molecule has 1 heterocycles. The Balaban J connectivity index is 2.80. The molecule has 18 heavy (non-hydrogen) atoms. The molecule has 1 amide bonds. The fraction of sp³-hybridized carbons (Fsp3) is 0.545. The molecular weight excluding hydrogens is 294 g/mol. The van der Waals surface area contributed by atoms with Gasteiger partial charge in [0.1, 0.15) is 4.21 Å². The summed E-state index contributed by atoms with van der Waals surface area (Å²) >= 11 is 1.04. The van der Waals surface area contributed by atoms with Crippen LogP contribution in [0, 0.1) is 0 Å². The van der Waals surface area contributed by atoms with E-state index in [4.69, 9.17) is 10.7 Å². The van der Waals surface area contributed by atoms with Crippen LogP contribution in [0.2, 0.25) is 0 Å². The molecule has 0 fully saturated rings. The van der Waals surface area contributed by atoms with Crippen LogP contribution in [0.3, 0.4) is 0 Å². The second kappa shape index (κ2) is 6.04. The smallest absolute Gasteiger partial charge is 0.270 e. The number of rotatable bonds is 5. The number of thiophene rings is 1. The molecule has 4 nitrogen and oxygen atoms in total. The van der Waals surface area contributed by atoms with Gasteiger partial charge in [0, 0.05) is 28.1 Å². The van der Waals surface area contributed by atoms with Gasteiger partial charge in [0.25, 0.3) is 9.05 Å². The molecule has 0 unspecified atom stereocenters. The zero-order valence-corrected chi connectivity index (χ0v) is 12.9. The highest BCUT2D eigenvalue weighted by atomic mass is 35.7. The summed E-state index contributed by atoms with van der Waals surface area (Å²) in [5, 5.41) is 0. The van der Waals surface area contributed by atoms with Crippen LogP contribution >= 0.6 is 22.0 Å². The predicted octanol–water partition coefficient (Wildman–Crippen LogP) is 2.48. The van der Waals surface area contributed by atoms with Gasteiger partial charge in [-0.3, -0.25) is 4.79 Å². The van der Waals surface area contributed by atoms with Crippen molar-refractivity contribution in [3.05, 3.63) is 17.0 Å². The van der Waals surface area contributed by atoms with E-state index in [1.807, 2.05) is 20.8 Å². The fourth-order valence-electron chi connectivity index (χ4n) is 1.66. The van der Waals surface area contributed by atoms with E-state index in [0.29, 0.717) is 11.4 Å². The first-order valence-electron chi connectivity index (χ1n) is 5.58. The normalized spacial score (nSPS) is 11.8. The number of nitrogens with zero attached hydrogens (tertiary/aromatic N) is 1. The Hall–Kier alpha value is -0.590. The molecule has 7 heteroatoms. The van der Waals surface area contributed by atoms with Gasteiger partial charge in [-0.05, 0) is 32.9 Å². The number of amides is 1. The van der Waals surface area contributed by atoms with Gasteiger partial charge < -0.3 is 4.90 Å². The van der Waals surface area contributed by atoms with E-state index in [1.54, 1.807) is 11.0 Å². The van der Waals surface area contributed by atoms with Crippen molar-refractivity contribution in [3.63, 3.8) is 0 Å². The van der Waals surface area contributed by atoms with Gasteiger partial charge in [0.2, 0.25) is 5.91 Å². The van der Waals surface area contributed by atoms with E-state index in [0.717, 1.165) is 11.3 Å². The second-order valence-electron chi connectivity index (χ2n) is 4.11. The molecule has 0 N–H and O–H groups in total. The summed E-state index contributed by atoms with van der Waals surface area (Å²) in [5.74, 6) is -0.00660. The first-order chi connectivity index (χ1) is 8.25. The van der Waals surface area contributed by atoms with Crippen molar-refractivity contribution in [2.75, 3.05) is 6.54 Å². The summed E-state index contributed by atoms with van der Waals surface area (Å²) in [7, 11) is 1.54. The van der Waals surface area contributed by atoms with Crippen LogP contribution in [0.15, 0.2) is 16.3 Å². The number of likely N-dealkylation sites (N-methyl/N-ethyl adjacent to an activating group) is 1. The lowest BCUT2D eigenvalue weighted by atomic mass is 10.2. The van der Waals surface area contributed by atoms with Crippen molar-refractivity contribution in [3.8, 4) is 0 Å². The molecule has 0 spiro atoms. The first-order valence-corrected chi connectivity index (χ1v) is 8.71. The molecule has 1 aromatic heterocycles. The maximum absolute atomic E-state index is 12.0. The van der Waals surface area contributed by atoms with Gasteiger partial charge in [-0.15, -0.1) is 11.3 Å². The third-order valence-electron chi connectivity index (χ3n) is 2.49. The summed E-state index contributed by atoms with van der Waals surface area (Å²) in [6, 6.07) is 3.20. The maximum atomic E-state index is 12.0. The lowest BCUT2D eigenvalue weighted by Gasteiger charge is -2.24. The van der Waals surface area contributed by atoms with Gasteiger partial charge in [-0.2, -0.15) is 0 Å². The number of halogens is 1. The minimum Gasteiger partial charge on any atom is -0.340 e. The fourth-order valence-corrected chi connectivity index (χ4v) is 3.78. The molecule has 0 saturated carbocycles. The van der Waals surface area contributed by atoms with E-state index in [1.165, 1.54) is 6.07 Å². The third-order valence-corrected chi connectivity index (χ3v) is 5.67. The molecule has 0 aliphatic heterocycles. The standard InChI is InChI=1S/C11H16ClNO3S2/c1-4-13(8(2)3)10(14)7-9-5-6-11(17-9)18(12,15)16/h5-6,8H,4,7H2,1-3H3. The molecule has 1 aromatic rings. The topological polar surface area (TPSA) is 54.5 Å². The molecular formula is C11H16ClNO3S2. The van der Waals surface area contributed by atoms with E-state index >= 15 is 0 Å². The SMILES string of the molecule is CCN(C(=O)Cc1ccc(S(=O)(=O)Cl)s1)C(C)C. The van der Waals surface area contributed by atoms with Crippen LogP contribution < -0.4 is 0 Å². The highest BCUT2D eigenvalue weighted by Gasteiger charge is 2.18. The second-order valence-corrected chi connectivity index (χ2v) is 8.07. The van der Waals surface area contributed by atoms with Crippen LogP contribution in [-0.2, 0) is 20.3 Å². The Bertz CT molecular complexity index is 522. The van der Waals surface area contributed by atoms with Gasteiger partial charge in [-0.1, -0.05) is 0 Å². The third kappa shape index (κ3) is 3.96. The molecule has 0 radical (unpaired) electrons. The molecule has 0 saturated heterocycles. The van der Waals surface area contributed by atoms with Gasteiger partial charge in [0.05, 0.1) is 6.42 Å². The summed E-state index contributed by atoms with van der Waals surface area (Å²) in [6.07, 6.45) is 0.211. The Morgan fingerprint density at radius 1 is 1.44 bits per heavy atom. The Kier molecular flexibility index (Phi) is 5.19. The zero-order valence-electron chi connectivity index (χ0n) is 10.5. The van der Waals surface area contributed by atoms with Crippen molar-refractivity contribution in [1.29, 1.82) is 0 Å². The highest BCUT2D eigenvalue weighted by molar-refractivity contribution is 8.15. The van der Waals surface area contributed by atoms with E-state index < -0.39 is 9.05 Å². The highest BCUT2D eigenvalue weighted by Crippen LogP contribution is 2.25. The van der Waals surface area contributed by atoms with Crippen molar-refractivity contribution < 1.29 is 13.2 Å². The first kappa shape index (κ1) is 15.5. The van der Waals surface area contributed by atoms with Crippen molar-refractivity contribution in [1.82, 2.24) is 4.90 Å². The molecule has 102 valence electrons. The summed E-state index contributed by atoms with van der Waals surface area (Å²) < 4.78 is 22.3. The average molecular weight is 310 g/mol. The Morgan fingerprint density at radius 2 is 2.06 bits per heavy atom. The minimum atomic E-state index is -3.69. The van der Waals surface area contributed by atoms with Gasteiger partial charge in [-0.25, -0.2) is 8.42 Å². The Labute approximate surface area is 116 Å². The summed E-state index contributed by atoms with van der Waals surface area (Å²) in [5.41, 5.74) is 0. The maximum Gasteiger partial charge on any atom is 0.270 e. The minimum absolute atomic E-state index is 0.00660. The van der Waals surface area contributed by atoms with Crippen LogP contribution in [0.5, 0.6) is 0 Å². The Morgan fingerprint density at radius 3 is 2.44 bits per heavy atom.